The summed E-state index contributed by atoms with van der Waals surface area (Å²) < 4.78 is 52.2. The van der Waals surface area contributed by atoms with Crippen LogP contribution in [0.4, 0.5) is 18.9 Å². The number of pyridine rings is 1. The maximum absolute atomic E-state index is 13.3. The van der Waals surface area contributed by atoms with Crippen LogP contribution >= 0.6 is 0 Å². The second kappa shape index (κ2) is 10.6. The number of aryl methyl sites for hydroxylation is 1. The van der Waals surface area contributed by atoms with E-state index in [1.165, 1.54) is 19.1 Å². The average molecular weight is 489 g/mol. The van der Waals surface area contributed by atoms with Gasteiger partial charge in [-0.1, -0.05) is 12.7 Å². The van der Waals surface area contributed by atoms with Crippen molar-refractivity contribution in [2.24, 2.45) is 7.05 Å². The lowest BCUT2D eigenvalue weighted by molar-refractivity contribution is -0.200. The SMILES string of the molecule is C=c1ncc(-c2cnn(C)c2)cc1=CC(=CC)N(CC(O)C(F)(F)F)c1cc(OC)cc(OC)c1. The van der Waals surface area contributed by atoms with Crippen molar-refractivity contribution in [3.8, 4) is 22.6 Å². The van der Waals surface area contributed by atoms with Crippen LogP contribution in [-0.4, -0.2) is 52.9 Å². The predicted molar refractivity (Wildman–Crippen MR) is 128 cm³/mol. The van der Waals surface area contributed by atoms with Crippen LogP contribution in [0.2, 0.25) is 0 Å². The number of aromatic nitrogens is 3. The van der Waals surface area contributed by atoms with E-state index in [0.29, 0.717) is 33.5 Å². The summed E-state index contributed by atoms with van der Waals surface area (Å²) in [6, 6.07) is 6.58. The molecule has 35 heavy (non-hydrogen) atoms. The Morgan fingerprint density at radius 2 is 1.80 bits per heavy atom. The monoisotopic (exact) mass is 488 g/mol. The first-order chi connectivity index (χ1) is 16.5. The second-order valence-electron chi connectivity index (χ2n) is 7.76. The van der Waals surface area contributed by atoms with Gasteiger partial charge in [0.05, 0.1) is 32.3 Å². The summed E-state index contributed by atoms with van der Waals surface area (Å²) in [6.45, 7) is 4.90. The lowest BCUT2D eigenvalue weighted by Crippen LogP contribution is -2.41. The van der Waals surface area contributed by atoms with Crippen LogP contribution in [0, 0.1) is 0 Å². The number of nitrogens with zero attached hydrogens (tertiary/aromatic N) is 4. The average Bonchev–Trinajstić information content (AvgIpc) is 3.27. The van der Waals surface area contributed by atoms with Gasteiger partial charge in [0, 0.05) is 65.4 Å². The van der Waals surface area contributed by atoms with E-state index in [9.17, 15) is 18.3 Å². The molecule has 1 N–H and O–H groups in total. The van der Waals surface area contributed by atoms with Gasteiger partial charge in [-0.2, -0.15) is 18.3 Å². The van der Waals surface area contributed by atoms with Gasteiger partial charge in [-0.25, -0.2) is 0 Å². The van der Waals surface area contributed by atoms with Crippen LogP contribution in [-0.2, 0) is 7.05 Å². The lowest BCUT2D eigenvalue weighted by Gasteiger charge is -2.29. The van der Waals surface area contributed by atoms with Gasteiger partial charge in [0.1, 0.15) is 11.5 Å². The van der Waals surface area contributed by atoms with Crippen molar-refractivity contribution in [2.45, 2.75) is 19.2 Å². The molecule has 0 aliphatic heterocycles. The minimum absolute atomic E-state index is 0.343. The number of hydrogen-bond donors (Lipinski definition) is 1. The second-order valence-corrected chi connectivity index (χ2v) is 7.76. The van der Waals surface area contributed by atoms with Gasteiger partial charge in [0.25, 0.3) is 0 Å². The first-order valence-corrected chi connectivity index (χ1v) is 10.6. The summed E-state index contributed by atoms with van der Waals surface area (Å²) in [6.07, 6.45) is 1.09. The van der Waals surface area contributed by atoms with Crippen molar-refractivity contribution in [1.82, 2.24) is 14.8 Å². The first kappa shape index (κ1) is 25.8. The molecule has 0 saturated carbocycles. The molecule has 0 fully saturated rings. The van der Waals surface area contributed by atoms with Gasteiger partial charge in [0.15, 0.2) is 6.10 Å². The molecule has 10 heteroatoms. The number of halogens is 3. The van der Waals surface area contributed by atoms with E-state index in [2.05, 4.69) is 16.7 Å². The summed E-state index contributed by atoms with van der Waals surface area (Å²) in [7, 11) is 4.69. The molecule has 0 saturated heterocycles. The maximum atomic E-state index is 13.3. The Kier molecular flexibility index (Phi) is 7.85. The summed E-state index contributed by atoms with van der Waals surface area (Å²) in [5.41, 5.74) is 2.34. The fourth-order valence-corrected chi connectivity index (χ4v) is 3.42. The molecule has 2 heterocycles. The number of benzene rings is 1. The molecule has 0 bridgehead atoms. The van der Waals surface area contributed by atoms with E-state index in [1.807, 2.05) is 12.3 Å². The highest BCUT2D eigenvalue weighted by atomic mass is 19.4. The highest BCUT2D eigenvalue weighted by Crippen LogP contribution is 2.32. The zero-order valence-corrected chi connectivity index (χ0v) is 19.9. The Bertz CT molecular complexity index is 1300. The molecule has 3 rings (SSSR count). The highest BCUT2D eigenvalue weighted by Gasteiger charge is 2.39. The molecule has 7 nitrogen and oxygen atoms in total. The van der Waals surface area contributed by atoms with Crippen molar-refractivity contribution in [3.05, 3.63) is 65.2 Å². The topological polar surface area (TPSA) is 72.6 Å². The highest BCUT2D eigenvalue weighted by molar-refractivity contribution is 5.67. The zero-order chi connectivity index (χ0) is 25.8. The molecule has 0 radical (unpaired) electrons. The van der Waals surface area contributed by atoms with Crippen molar-refractivity contribution >= 4 is 18.3 Å². The standard InChI is InChI=1S/C25H27F3N4O3/c1-6-20(8-17-7-18(12-29-16(17)2)19-13-30-31(3)14-19)32(15-24(33)25(26,27)28)21-9-22(34-4)11-23(10-21)35-5/h6-14,24,33H,2,15H2,1,3-5H3. The minimum Gasteiger partial charge on any atom is -0.497 e. The fraction of sp³-hybridized carbons (Fsp3) is 0.280. The molecular weight excluding hydrogens is 461 g/mol. The molecule has 186 valence electrons. The predicted octanol–water partition coefficient (Wildman–Crippen LogP) is 3.02. The van der Waals surface area contributed by atoms with Crippen LogP contribution in [0.5, 0.6) is 11.5 Å². The Balaban J connectivity index is 2.15. The normalized spacial score (nSPS) is 13.6. The van der Waals surface area contributed by atoms with E-state index < -0.39 is 18.8 Å². The number of methoxy groups -OCH3 is 2. The van der Waals surface area contributed by atoms with Crippen LogP contribution < -0.4 is 24.9 Å². The van der Waals surface area contributed by atoms with Crippen LogP contribution in [0.1, 0.15) is 6.92 Å². The number of hydrogen-bond acceptors (Lipinski definition) is 6. The molecule has 1 atom stereocenters. The van der Waals surface area contributed by atoms with Gasteiger partial charge in [0.2, 0.25) is 0 Å². The Morgan fingerprint density at radius 1 is 1.14 bits per heavy atom. The Morgan fingerprint density at radius 3 is 2.31 bits per heavy atom. The first-order valence-electron chi connectivity index (χ1n) is 10.6. The molecule has 3 aromatic rings. The fourth-order valence-electron chi connectivity index (χ4n) is 3.42. The lowest BCUT2D eigenvalue weighted by atomic mass is 10.1. The molecule has 1 aromatic carbocycles. The Labute approximate surface area is 201 Å². The number of ether oxygens (including phenoxy) is 2. The van der Waals surface area contributed by atoms with Crippen molar-refractivity contribution in [2.75, 3.05) is 25.7 Å². The molecule has 0 aliphatic carbocycles. The third-order valence-electron chi connectivity index (χ3n) is 5.33. The van der Waals surface area contributed by atoms with E-state index >= 15 is 0 Å². The molecule has 0 aliphatic rings. The van der Waals surface area contributed by atoms with Gasteiger partial charge >= 0.3 is 6.18 Å². The van der Waals surface area contributed by atoms with Crippen LogP contribution in [0.25, 0.3) is 23.8 Å². The molecule has 0 spiro atoms. The number of aliphatic hydroxyl groups is 1. The van der Waals surface area contributed by atoms with E-state index in [1.54, 1.807) is 61.4 Å². The zero-order valence-electron chi connectivity index (χ0n) is 19.9. The van der Waals surface area contributed by atoms with Crippen molar-refractivity contribution < 1.29 is 27.8 Å². The van der Waals surface area contributed by atoms with Crippen LogP contribution in [0.15, 0.2) is 54.6 Å². The third-order valence-corrected chi connectivity index (χ3v) is 5.33. The van der Waals surface area contributed by atoms with E-state index in [4.69, 9.17) is 9.47 Å². The molecule has 2 aromatic heterocycles. The van der Waals surface area contributed by atoms with Crippen molar-refractivity contribution in [3.63, 3.8) is 0 Å². The van der Waals surface area contributed by atoms with E-state index in [-0.39, 0.29) is 0 Å². The van der Waals surface area contributed by atoms with Gasteiger partial charge in [-0.3, -0.25) is 9.67 Å². The number of anilines is 1. The summed E-state index contributed by atoms with van der Waals surface area (Å²) >= 11 is 0. The summed E-state index contributed by atoms with van der Waals surface area (Å²) in [4.78, 5) is 5.69. The minimum atomic E-state index is -4.81. The number of alkyl halides is 3. The summed E-state index contributed by atoms with van der Waals surface area (Å²) in [5, 5.41) is 15.1. The number of allylic oxidation sites excluding steroid dienone is 2. The molecule has 1 unspecified atom stereocenters. The third kappa shape index (κ3) is 6.21. The molecular formula is C25H27F3N4O3. The quantitative estimate of drug-likeness (QED) is 0.526. The van der Waals surface area contributed by atoms with Gasteiger partial charge in [-0.15, -0.1) is 0 Å². The van der Waals surface area contributed by atoms with Crippen LogP contribution in [0.3, 0.4) is 0 Å². The largest absolute Gasteiger partial charge is 0.497 e. The molecule has 0 amide bonds. The number of rotatable bonds is 8. The maximum Gasteiger partial charge on any atom is 0.416 e. The van der Waals surface area contributed by atoms with Crippen molar-refractivity contribution in [1.29, 1.82) is 0 Å². The van der Waals surface area contributed by atoms with E-state index in [0.717, 1.165) is 11.1 Å². The van der Waals surface area contributed by atoms with Gasteiger partial charge in [-0.05, 0) is 19.1 Å². The Hall–Kier alpha value is -3.79. The smallest absolute Gasteiger partial charge is 0.416 e. The van der Waals surface area contributed by atoms with Gasteiger partial charge < -0.3 is 19.5 Å². The number of aliphatic hydroxyl groups excluding tert-OH is 1. The summed E-state index contributed by atoms with van der Waals surface area (Å²) in [5.74, 6) is 0.777.